The number of nitrogens with one attached hydrogen (secondary N) is 1. The third-order valence-corrected chi connectivity index (χ3v) is 4.54. The molecular weight excluding hydrogens is 332 g/mol. The van der Waals surface area contributed by atoms with Crippen LogP contribution in [0.25, 0.3) is 0 Å². The van der Waals surface area contributed by atoms with E-state index in [-0.39, 0.29) is 9.92 Å². The maximum absolute atomic E-state index is 11.5. The normalized spacial score (nSPS) is 11.5. The van der Waals surface area contributed by atoms with E-state index in [1.165, 1.54) is 11.4 Å². The summed E-state index contributed by atoms with van der Waals surface area (Å²) >= 11 is 11.0. The van der Waals surface area contributed by atoms with Crippen molar-refractivity contribution < 1.29 is 12.8 Å². The number of primary sulfonamides is 1. The van der Waals surface area contributed by atoms with Crippen LogP contribution < -0.4 is 10.5 Å². The van der Waals surface area contributed by atoms with Gasteiger partial charge in [-0.3, -0.25) is 0 Å². The van der Waals surface area contributed by atoms with Crippen molar-refractivity contribution >= 4 is 39.2 Å². The van der Waals surface area contributed by atoms with E-state index in [0.717, 1.165) is 5.76 Å². The van der Waals surface area contributed by atoms with Crippen LogP contribution in [0.1, 0.15) is 16.9 Å². The van der Waals surface area contributed by atoms with E-state index in [1.54, 1.807) is 18.4 Å². The number of benzene rings is 1. The molecule has 0 aliphatic carbocycles. The van der Waals surface area contributed by atoms with Gasteiger partial charge in [0.15, 0.2) is 0 Å². The summed E-state index contributed by atoms with van der Waals surface area (Å²) in [6.07, 6.45) is 1.58. The van der Waals surface area contributed by atoms with E-state index in [0.29, 0.717) is 24.2 Å². The summed E-state index contributed by atoms with van der Waals surface area (Å²) in [4.78, 5) is -0.127. The minimum absolute atomic E-state index is 0.102. The maximum atomic E-state index is 11.5. The first-order chi connectivity index (χ1) is 9.91. The highest BCUT2D eigenvalue weighted by atomic mass is 35.5. The predicted molar refractivity (Wildman–Crippen MR) is 84.8 cm³/mol. The van der Waals surface area contributed by atoms with Crippen molar-refractivity contribution in [1.82, 2.24) is 5.32 Å². The molecule has 0 amide bonds. The van der Waals surface area contributed by atoms with Crippen molar-refractivity contribution in [2.75, 3.05) is 0 Å². The lowest BCUT2D eigenvalue weighted by Crippen LogP contribution is -2.17. The topological polar surface area (TPSA) is 85.3 Å². The molecule has 0 fully saturated rings. The highest BCUT2D eigenvalue weighted by molar-refractivity contribution is 7.89. The van der Waals surface area contributed by atoms with Crippen LogP contribution in [0.5, 0.6) is 0 Å². The summed E-state index contributed by atoms with van der Waals surface area (Å²) in [7, 11) is -3.90. The smallest absolute Gasteiger partial charge is 0.239 e. The minimum Gasteiger partial charge on any atom is -0.468 e. The Balaban J connectivity index is 2.24. The molecule has 2 aromatic rings. The third-order valence-electron chi connectivity index (χ3n) is 2.77. The lowest BCUT2D eigenvalue weighted by atomic mass is 10.1. The zero-order chi connectivity index (χ0) is 15.5. The van der Waals surface area contributed by atoms with Crippen molar-refractivity contribution in [3.05, 3.63) is 52.4 Å². The Kier molecular flexibility index (Phi) is 5.13. The Labute approximate surface area is 133 Å². The van der Waals surface area contributed by atoms with Crippen LogP contribution in [-0.2, 0) is 23.1 Å². The molecule has 8 heteroatoms. The van der Waals surface area contributed by atoms with Gasteiger partial charge in [-0.2, -0.15) is 0 Å². The summed E-state index contributed by atoms with van der Waals surface area (Å²) in [5.74, 6) is 0.767. The highest BCUT2D eigenvalue weighted by Gasteiger charge is 2.17. The van der Waals surface area contributed by atoms with E-state index in [2.05, 4.69) is 5.32 Å². The van der Waals surface area contributed by atoms with Crippen LogP contribution in [0.3, 0.4) is 0 Å². The Morgan fingerprint density at radius 2 is 2.14 bits per heavy atom. The maximum Gasteiger partial charge on any atom is 0.239 e. The first-order valence-corrected chi connectivity index (χ1v) is 8.35. The summed E-state index contributed by atoms with van der Waals surface area (Å²) in [6, 6.07) is 6.70. The van der Waals surface area contributed by atoms with Crippen LogP contribution in [-0.4, -0.2) is 13.8 Å². The standard InChI is InChI=1S/C13H13ClN2O3S2/c14-13-10(6-16-7-11-2-1-3-19-11)4-9(8-20)5-12(13)21(15,17)18/h1-5,8,16H,6-7H2,(H2,15,17,18). The van der Waals surface area contributed by atoms with Crippen LogP contribution >= 0.6 is 23.8 Å². The van der Waals surface area contributed by atoms with Crippen molar-refractivity contribution in [2.24, 2.45) is 5.14 Å². The van der Waals surface area contributed by atoms with Gasteiger partial charge < -0.3 is 9.73 Å². The van der Waals surface area contributed by atoms with Gasteiger partial charge in [-0.25, -0.2) is 13.6 Å². The van der Waals surface area contributed by atoms with Crippen molar-refractivity contribution in [3.8, 4) is 0 Å². The largest absolute Gasteiger partial charge is 0.468 e. The fourth-order valence-electron chi connectivity index (χ4n) is 1.82. The second-order valence-electron chi connectivity index (χ2n) is 4.34. The molecule has 0 unspecified atom stereocenters. The summed E-state index contributed by atoms with van der Waals surface area (Å²) in [6.45, 7) is 0.856. The van der Waals surface area contributed by atoms with Crippen LogP contribution in [0, 0.1) is 0 Å². The van der Waals surface area contributed by atoms with E-state index in [9.17, 15) is 8.42 Å². The molecule has 0 saturated carbocycles. The van der Waals surface area contributed by atoms with Crippen LogP contribution in [0.2, 0.25) is 5.02 Å². The Hall–Kier alpha value is -1.25. The number of thiocarbonyl (C=S) groups is 1. The zero-order valence-electron chi connectivity index (χ0n) is 10.9. The molecule has 5 nitrogen and oxygen atoms in total. The number of halogens is 1. The van der Waals surface area contributed by atoms with Crippen LogP contribution in [0.15, 0.2) is 39.8 Å². The Morgan fingerprint density at radius 1 is 1.38 bits per heavy atom. The van der Waals surface area contributed by atoms with Gasteiger partial charge in [-0.1, -0.05) is 23.8 Å². The number of sulfonamides is 1. The number of hydrogen-bond donors (Lipinski definition) is 2. The average molecular weight is 345 g/mol. The van der Waals surface area contributed by atoms with E-state index in [1.807, 2.05) is 6.07 Å². The van der Waals surface area contributed by atoms with Crippen molar-refractivity contribution in [3.63, 3.8) is 0 Å². The Bertz CT molecular complexity index is 743. The lowest BCUT2D eigenvalue weighted by molar-refractivity contribution is 0.483. The van der Waals surface area contributed by atoms with Gasteiger partial charge in [0.2, 0.25) is 10.0 Å². The molecule has 0 radical (unpaired) electrons. The van der Waals surface area contributed by atoms with E-state index < -0.39 is 10.0 Å². The Morgan fingerprint density at radius 3 is 2.71 bits per heavy atom. The molecule has 0 spiro atoms. The zero-order valence-corrected chi connectivity index (χ0v) is 13.3. The highest BCUT2D eigenvalue weighted by Crippen LogP contribution is 2.26. The first-order valence-electron chi connectivity index (χ1n) is 5.95. The molecule has 112 valence electrons. The van der Waals surface area contributed by atoms with Crippen molar-refractivity contribution in [2.45, 2.75) is 18.0 Å². The quantitative estimate of drug-likeness (QED) is 0.785. The SMILES string of the molecule is NS(=O)(=O)c1cc(C=S)cc(CNCc2ccco2)c1Cl. The number of hydrogen-bond acceptors (Lipinski definition) is 5. The summed E-state index contributed by atoms with van der Waals surface area (Å²) in [5, 5.41) is 9.75. The van der Waals surface area contributed by atoms with E-state index in [4.69, 9.17) is 33.4 Å². The van der Waals surface area contributed by atoms with Gasteiger partial charge in [0.1, 0.15) is 10.7 Å². The molecule has 1 aromatic heterocycles. The molecule has 0 atom stereocenters. The summed E-state index contributed by atoms with van der Waals surface area (Å²) < 4.78 is 28.3. The second kappa shape index (κ2) is 6.67. The van der Waals surface area contributed by atoms with Gasteiger partial charge in [0.05, 0.1) is 17.8 Å². The molecule has 21 heavy (non-hydrogen) atoms. The third kappa shape index (κ3) is 4.12. The molecule has 0 bridgehead atoms. The lowest BCUT2D eigenvalue weighted by Gasteiger charge is -2.10. The monoisotopic (exact) mass is 344 g/mol. The first kappa shape index (κ1) is 16.1. The molecule has 1 heterocycles. The summed E-state index contributed by atoms with van der Waals surface area (Å²) in [5.41, 5.74) is 1.17. The average Bonchev–Trinajstić information content (AvgIpc) is 2.92. The van der Waals surface area contributed by atoms with Gasteiger partial charge in [0, 0.05) is 11.9 Å². The molecule has 0 saturated heterocycles. The van der Waals surface area contributed by atoms with Gasteiger partial charge in [-0.05, 0) is 35.4 Å². The second-order valence-corrected chi connectivity index (χ2v) is 6.48. The fraction of sp³-hybridized carbons (Fsp3) is 0.154. The molecule has 0 aliphatic heterocycles. The molecule has 2 rings (SSSR count). The van der Waals surface area contributed by atoms with Gasteiger partial charge in [-0.15, -0.1) is 0 Å². The molecule has 1 aromatic carbocycles. The van der Waals surface area contributed by atoms with Crippen LogP contribution in [0.4, 0.5) is 0 Å². The van der Waals surface area contributed by atoms with E-state index >= 15 is 0 Å². The predicted octanol–water partition coefficient (Wildman–Crippen LogP) is 2.22. The number of furan rings is 1. The number of nitrogens with two attached hydrogens (primary N) is 1. The fourth-order valence-corrected chi connectivity index (χ4v) is 3.13. The minimum atomic E-state index is -3.90. The van der Waals surface area contributed by atoms with Gasteiger partial charge >= 0.3 is 0 Å². The molecule has 0 aliphatic rings. The van der Waals surface area contributed by atoms with Crippen molar-refractivity contribution in [1.29, 1.82) is 0 Å². The van der Waals surface area contributed by atoms with Gasteiger partial charge in [0.25, 0.3) is 0 Å². The molecule has 3 N–H and O–H groups in total. The molecular formula is C13H13ClN2O3S2. The number of rotatable bonds is 6.